The summed E-state index contributed by atoms with van der Waals surface area (Å²) in [5.74, 6) is 1.68. The lowest BCUT2D eigenvalue weighted by molar-refractivity contribution is 0.346. The second-order valence-corrected chi connectivity index (χ2v) is 7.18. The van der Waals surface area contributed by atoms with Crippen molar-refractivity contribution in [3.63, 3.8) is 0 Å². The van der Waals surface area contributed by atoms with E-state index in [1.54, 1.807) is 0 Å². The fourth-order valence-electron chi connectivity index (χ4n) is 3.58. The van der Waals surface area contributed by atoms with E-state index in [1.165, 1.54) is 64.2 Å². The Kier molecular flexibility index (Phi) is 4.05. The van der Waals surface area contributed by atoms with Crippen molar-refractivity contribution in [1.82, 2.24) is 0 Å². The standard InChI is InChI=1S/C14H24N2S/c1-3-7-11(8-4-1)13-15-16-14(17-13)12-9-5-2-6-10-12/h11-14H,1-10H2/t13-,14-/m1/s1. The van der Waals surface area contributed by atoms with Crippen LogP contribution in [0.2, 0.25) is 0 Å². The van der Waals surface area contributed by atoms with Crippen LogP contribution >= 0.6 is 11.8 Å². The van der Waals surface area contributed by atoms with Gasteiger partial charge in [-0.2, -0.15) is 10.2 Å². The summed E-state index contributed by atoms with van der Waals surface area (Å²) >= 11 is 2.09. The van der Waals surface area contributed by atoms with Crippen LogP contribution in [0.4, 0.5) is 0 Å². The minimum absolute atomic E-state index is 0.516. The van der Waals surface area contributed by atoms with Crippen LogP contribution in [0.5, 0.6) is 0 Å². The molecule has 0 N–H and O–H groups in total. The van der Waals surface area contributed by atoms with E-state index in [0.717, 1.165) is 11.8 Å². The van der Waals surface area contributed by atoms with E-state index in [-0.39, 0.29) is 0 Å². The average Bonchev–Trinajstić information content (AvgIpc) is 2.90. The number of azo groups is 1. The Morgan fingerprint density at radius 1 is 0.588 bits per heavy atom. The first-order chi connectivity index (χ1) is 8.43. The summed E-state index contributed by atoms with van der Waals surface area (Å²) in [7, 11) is 0. The first-order valence-electron chi connectivity index (χ1n) is 7.49. The van der Waals surface area contributed by atoms with E-state index >= 15 is 0 Å². The van der Waals surface area contributed by atoms with E-state index in [0.29, 0.717) is 10.7 Å². The lowest BCUT2D eigenvalue weighted by Gasteiger charge is -2.27. The second-order valence-electron chi connectivity index (χ2n) is 5.94. The van der Waals surface area contributed by atoms with Crippen LogP contribution < -0.4 is 0 Å². The molecule has 17 heavy (non-hydrogen) atoms. The minimum atomic E-state index is 0.516. The first kappa shape index (κ1) is 12.0. The maximum atomic E-state index is 4.60. The van der Waals surface area contributed by atoms with Gasteiger partial charge in [-0.3, -0.25) is 0 Å². The van der Waals surface area contributed by atoms with Gasteiger partial charge in [0.1, 0.15) is 10.7 Å². The van der Waals surface area contributed by atoms with Crippen LogP contribution in [-0.2, 0) is 0 Å². The lowest BCUT2D eigenvalue weighted by Crippen LogP contribution is -2.21. The Morgan fingerprint density at radius 2 is 1.00 bits per heavy atom. The Labute approximate surface area is 109 Å². The highest BCUT2D eigenvalue weighted by atomic mass is 32.2. The molecule has 2 nitrogen and oxygen atoms in total. The van der Waals surface area contributed by atoms with Gasteiger partial charge >= 0.3 is 0 Å². The monoisotopic (exact) mass is 252 g/mol. The van der Waals surface area contributed by atoms with Gasteiger partial charge in [0.25, 0.3) is 0 Å². The number of nitrogens with zero attached hydrogens (tertiary/aromatic N) is 2. The molecule has 1 heterocycles. The molecule has 1 aliphatic heterocycles. The SMILES string of the molecule is C1CCC([C@@H]2N=N[C@@H](C3CCCCC3)S2)CC1. The Hall–Kier alpha value is -0.0500. The minimum Gasteiger partial charge on any atom is -0.178 e. The quantitative estimate of drug-likeness (QED) is 0.679. The van der Waals surface area contributed by atoms with Crippen LogP contribution in [0.15, 0.2) is 10.2 Å². The van der Waals surface area contributed by atoms with Crippen LogP contribution in [0.3, 0.4) is 0 Å². The third-order valence-corrected chi connectivity index (χ3v) is 6.20. The number of thioether (sulfide) groups is 1. The van der Waals surface area contributed by atoms with Crippen molar-refractivity contribution in [3.05, 3.63) is 0 Å². The van der Waals surface area contributed by atoms with Crippen LogP contribution in [0.25, 0.3) is 0 Å². The van der Waals surface area contributed by atoms with Crippen molar-refractivity contribution >= 4 is 11.8 Å². The Bertz CT molecular complexity index is 241. The Morgan fingerprint density at radius 3 is 1.41 bits per heavy atom. The summed E-state index contributed by atoms with van der Waals surface area (Å²) in [5, 5.41) is 10.2. The molecular weight excluding hydrogens is 228 g/mol. The van der Waals surface area contributed by atoms with Gasteiger partial charge in [0, 0.05) is 0 Å². The molecule has 0 radical (unpaired) electrons. The third kappa shape index (κ3) is 2.86. The van der Waals surface area contributed by atoms with Gasteiger partial charge in [-0.15, -0.1) is 11.8 Å². The molecule has 3 rings (SSSR count). The zero-order valence-electron chi connectivity index (χ0n) is 10.7. The van der Waals surface area contributed by atoms with Crippen molar-refractivity contribution in [2.45, 2.75) is 75.0 Å². The fraction of sp³-hybridized carbons (Fsp3) is 1.00. The van der Waals surface area contributed by atoms with Crippen molar-refractivity contribution in [2.75, 3.05) is 0 Å². The molecule has 0 amide bonds. The highest BCUT2D eigenvalue weighted by molar-refractivity contribution is 8.00. The molecule has 3 heteroatoms. The topological polar surface area (TPSA) is 24.7 Å². The first-order valence-corrected chi connectivity index (χ1v) is 8.43. The molecule has 3 aliphatic rings. The molecule has 0 saturated heterocycles. The highest BCUT2D eigenvalue weighted by Gasteiger charge is 2.35. The molecule has 2 aliphatic carbocycles. The summed E-state index contributed by atoms with van der Waals surface area (Å²) in [6.07, 6.45) is 14.2. The van der Waals surface area contributed by atoms with Crippen LogP contribution in [0, 0.1) is 11.8 Å². The summed E-state index contributed by atoms with van der Waals surface area (Å²) < 4.78 is 0. The van der Waals surface area contributed by atoms with Crippen molar-refractivity contribution in [1.29, 1.82) is 0 Å². The fourth-order valence-corrected chi connectivity index (χ4v) is 5.07. The van der Waals surface area contributed by atoms with Crippen molar-refractivity contribution < 1.29 is 0 Å². The average molecular weight is 252 g/mol. The zero-order chi connectivity index (χ0) is 11.5. The van der Waals surface area contributed by atoms with E-state index in [1.807, 2.05) is 0 Å². The van der Waals surface area contributed by atoms with Gasteiger partial charge in [-0.1, -0.05) is 38.5 Å². The molecule has 0 aromatic heterocycles. The van der Waals surface area contributed by atoms with E-state index in [9.17, 15) is 0 Å². The molecule has 0 unspecified atom stereocenters. The number of hydrogen-bond acceptors (Lipinski definition) is 3. The zero-order valence-corrected chi connectivity index (χ0v) is 11.5. The summed E-state index contributed by atoms with van der Waals surface area (Å²) in [4.78, 5) is 0. The molecule has 96 valence electrons. The van der Waals surface area contributed by atoms with Gasteiger partial charge in [0.2, 0.25) is 0 Å². The molecule has 2 saturated carbocycles. The van der Waals surface area contributed by atoms with Gasteiger partial charge < -0.3 is 0 Å². The summed E-state index contributed by atoms with van der Waals surface area (Å²) in [6.45, 7) is 0. The van der Waals surface area contributed by atoms with Gasteiger partial charge in [0.05, 0.1) is 0 Å². The molecule has 2 atom stereocenters. The summed E-state index contributed by atoms with van der Waals surface area (Å²) in [5.41, 5.74) is 0. The number of hydrogen-bond donors (Lipinski definition) is 0. The van der Waals surface area contributed by atoms with Crippen molar-refractivity contribution in [3.8, 4) is 0 Å². The van der Waals surface area contributed by atoms with E-state index in [4.69, 9.17) is 0 Å². The predicted octanol–water partition coefficient (Wildman–Crippen LogP) is 5.00. The van der Waals surface area contributed by atoms with Gasteiger partial charge in [-0.25, -0.2) is 0 Å². The third-order valence-electron chi connectivity index (χ3n) is 4.68. The molecular formula is C14H24N2S. The predicted molar refractivity (Wildman–Crippen MR) is 73.2 cm³/mol. The second kappa shape index (κ2) is 5.73. The van der Waals surface area contributed by atoms with E-state index < -0.39 is 0 Å². The van der Waals surface area contributed by atoms with Crippen molar-refractivity contribution in [2.24, 2.45) is 22.1 Å². The largest absolute Gasteiger partial charge is 0.178 e. The van der Waals surface area contributed by atoms with E-state index in [2.05, 4.69) is 22.0 Å². The lowest BCUT2D eigenvalue weighted by atomic mass is 9.89. The van der Waals surface area contributed by atoms with Gasteiger partial charge in [0.15, 0.2) is 0 Å². The maximum absolute atomic E-state index is 4.60. The highest BCUT2D eigenvalue weighted by Crippen LogP contribution is 2.44. The smallest absolute Gasteiger partial charge is 0.121 e. The molecule has 0 spiro atoms. The van der Waals surface area contributed by atoms with Crippen LogP contribution in [-0.4, -0.2) is 10.7 Å². The normalized spacial score (nSPS) is 36.5. The Balaban J connectivity index is 1.52. The molecule has 0 aromatic rings. The van der Waals surface area contributed by atoms with Gasteiger partial charge in [-0.05, 0) is 37.5 Å². The van der Waals surface area contributed by atoms with Crippen LogP contribution in [0.1, 0.15) is 64.2 Å². The molecule has 0 aromatic carbocycles. The number of rotatable bonds is 2. The summed E-state index contributed by atoms with van der Waals surface area (Å²) in [6, 6.07) is 0. The molecule has 0 bridgehead atoms. The molecule has 2 fully saturated rings. The maximum Gasteiger partial charge on any atom is 0.121 e.